The van der Waals surface area contributed by atoms with E-state index in [0.717, 1.165) is 64.2 Å². The van der Waals surface area contributed by atoms with Crippen molar-refractivity contribution in [3.05, 3.63) is 23.8 Å². The number of carbonyl (C=O) groups is 1. The molecule has 0 aliphatic carbocycles. The molecule has 1 saturated heterocycles. The van der Waals surface area contributed by atoms with Gasteiger partial charge in [-0.15, -0.1) is 0 Å². The second-order valence-electron chi connectivity index (χ2n) is 13.5. The highest BCUT2D eigenvalue weighted by Crippen LogP contribution is 2.28. The summed E-state index contributed by atoms with van der Waals surface area (Å²) in [5.41, 5.74) is 0.599. The molecule has 0 aromatic rings. The van der Waals surface area contributed by atoms with E-state index in [1.807, 2.05) is 6.92 Å². The fourth-order valence-electron chi connectivity index (χ4n) is 6.46. The molecule has 44 heavy (non-hydrogen) atoms. The van der Waals surface area contributed by atoms with Gasteiger partial charge in [0.1, 0.15) is 6.10 Å². The van der Waals surface area contributed by atoms with Crippen LogP contribution in [0, 0.1) is 0 Å². The third kappa shape index (κ3) is 17.4. The van der Waals surface area contributed by atoms with Crippen molar-refractivity contribution in [2.75, 3.05) is 0 Å². The van der Waals surface area contributed by atoms with E-state index in [4.69, 9.17) is 9.47 Å². The van der Waals surface area contributed by atoms with Gasteiger partial charge in [-0.3, -0.25) is 0 Å². The Bertz CT molecular complexity index is 797. The molecule has 0 aromatic heterocycles. The monoisotopic (exact) mass is 622 g/mol. The molecule has 0 bridgehead atoms. The lowest BCUT2D eigenvalue weighted by Gasteiger charge is -2.22. The second kappa shape index (κ2) is 24.0. The van der Waals surface area contributed by atoms with Gasteiger partial charge in [-0.2, -0.15) is 0 Å². The minimum Gasteiger partial charge on any atom is -0.455 e. The number of cyclic esters (lactones) is 1. The van der Waals surface area contributed by atoms with Gasteiger partial charge in [0.05, 0.1) is 36.6 Å². The Morgan fingerprint density at radius 1 is 0.773 bits per heavy atom. The van der Waals surface area contributed by atoms with Crippen LogP contribution in [-0.2, 0) is 14.3 Å². The van der Waals surface area contributed by atoms with E-state index in [1.54, 1.807) is 6.08 Å². The van der Waals surface area contributed by atoms with Gasteiger partial charge in [0.2, 0.25) is 0 Å². The molecule has 0 amide bonds. The van der Waals surface area contributed by atoms with Gasteiger partial charge in [-0.1, -0.05) is 96.1 Å². The molecule has 0 saturated carbocycles. The number of carbonyl (C=O) groups excluding carboxylic acids is 1. The van der Waals surface area contributed by atoms with Crippen LogP contribution < -0.4 is 0 Å². The molecule has 0 aromatic carbocycles. The fraction of sp³-hybridized carbons (Fsp3) is 0.865. The second-order valence-corrected chi connectivity index (χ2v) is 13.5. The summed E-state index contributed by atoms with van der Waals surface area (Å²) < 4.78 is 11.2. The number of allylic oxidation sites excluding steroid dienone is 2. The third-order valence-electron chi connectivity index (χ3n) is 9.30. The van der Waals surface area contributed by atoms with Crippen LogP contribution in [0.2, 0.25) is 0 Å². The molecular weight excluding hydrogens is 556 g/mol. The zero-order valence-electron chi connectivity index (χ0n) is 28.1. The van der Waals surface area contributed by atoms with E-state index < -0.39 is 24.4 Å². The Balaban J connectivity index is 1.42. The van der Waals surface area contributed by atoms with E-state index in [-0.39, 0.29) is 24.3 Å². The van der Waals surface area contributed by atoms with E-state index in [0.29, 0.717) is 37.7 Å². The number of aliphatic hydroxyl groups excluding tert-OH is 4. The van der Waals surface area contributed by atoms with Crippen LogP contribution in [-0.4, -0.2) is 69.1 Å². The number of ether oxygens (including phenoxy) is 2. The molecule has 0 radical (unpaired) electrons. The Hall–Kier alpha value is -1.25. The van der Waals surface area contributed by atoms with Crippen molar-refractivity contribution in [1.29, 1.82) is 0 Å². The topological polar surface area (TPSA) is 116 Å². The first-order chi connectivity index (χ1) is 21.3. The molecule has 7 atom stereocenters. The molecule has 256 valence electrons. The van der Waals surface area contributed by atoms with Crippen molar-refractivity contribution >= 4 is 5.97 Å². The van der Waals surface area contributed by atoms with E-state index in [9.17, 15) is 25.2 Å². The average molecular weight is 623 g/mol. The van der Waals surface area contributed by atoms with Gasteiger partial charge >= 0.3 is 5.97 Å². The Labute approximate surface area is 268 Å². The van der Waals surface area contributed by atoms with Crippen molar-refractivity contribution < 1.29 is 34.7 Å². The van der Waals surface area contributed by atoms with Crippen molar-refractivity contribution in [2.24, 2.45) is 0 Å². The quantitative estimate of drug-likeness (QED) is 0.0423. The first-order valence-corrected chi connectivity index (χ1v) is 18.2. The standard InChI is InChI=1S/C37H66O7/c1-3-4-5-6-7-8-9-10-11-12-16-19-22-33(39)34(40)24-25-35(41)36-26-23-32(44-36)21-18-15-13-14-17-20-31(38)28-30-27-29(2)43-37(30)42/h12,16,27,29,31-36,38-41H,3-11,13-15,17-26,28H2,1-2H3/b16-12-/t29-,31-,32+,33+,34+,35-,36+/m0/s1. The highest BCUT2D eigenvalue weighted by atomic mass is 16.5. The van der Waals surface area contributed by atoms with Gasteiger partial charge in [0, 0.05) is 12.0 Å². The predicted octanol–water partition coefficient (Wildman–Crippen LogP) is 7.62. The lowest BCUT2D eigenvalue weighted by atomic mass is 9.98. The molecule has 7 heteroatoms. The first kappa shape index (κ1) is 38.9. The van der Waals surface area contributed by atoms with Crippen LogP contribution in [0.15, 0.2) is 23.8 Å². The maximum atomic E-state index is 11.7. The molecule has 2 heterocycles. The van der Waals surface area contributed by atoms with E-state index >= 15 is 0 Å². The number of rotatable bonds is 27. The van der Waals surface area contributed by atoms with E-state index in [1.165, 1.54) is 51.4 Å². The fourth-order valence-corrected chi connectivity index (χ4v) is 6.46. The Morgan fingerprint density at radius 2 is 1.41 bits per heavy atom. The Kier molecular flexibility index (Phi) is 21.2. The summed E-state index contributed by atoms with van der Waals surface area (Å²) in [6, 6.07) is 0. The van der Waals surface area contributed by atoms with Gasteiger partial charge in [-0.25, -0.2) is 4.79 Å². The minimum atomic E-state index is -0.816. The number of hydrogen-bond donors (Lipinski definition) is 4. The first-order valence-electron chi connectivity index (χ1n) is 18.2. The predicted molar refractivity (Wildman–Crippen MR) is 177 cm³/mol. The normalized spacial score (nSPS) is 23.2. The van der Waals surface area contributed by atoms with E-state index in [2.05, 4.69) is 19.1 Å². The number of esters is 1. The van der Waals surface area contributed by atoms with Gasteiger partial charge < -0.3 is 29.9 Å². The maximum absolute atomic E-state index is 11.7. The summed E-state index contributed by atoms with van der Waals surface area (Å²) in [5, 5.41) is 41.6. The largest absolute Gasteiger partial charge is 0.455 e. The summed E-state index contributed by atoms with van der Waals surface area (Å²) in [4.78, 5) is 11.7. The number of aliphatic hydroxyl groups is 4. The molecule has 2 rings (SSSR count). The summed E-state index contributed by atoms with van der Waals surface area (Å²) >= 11 is 0. The van der Waals surface area contributed by atoms with Gasteiger partial charge in [0.25, 0.3) is 0 Å². The van der Waals surface area contributed by atoms with Crippen LogP contribution in [0.5, 0.6) is 0 Å². The highest BCUT2D eigenvalue weighted by molar-refractivity contribution is 5.90. The average Bonchev–Trinajstić information content (AvgIpc) is 3.60. The maximum Gasteiger partial charge on any atom is 0.334 e. The SMILES string of the molecule is CCCCCCCCCC/C=C\CC[C@@H](O)[C@H](O)CC[C@H](O)[C@H]1CC[C@@H](CCCCCCC[C@H](O)CC2=C[C@H](C)OC2=O)O1. The lowest BCUT2D eigenvalue weighted by Crippen LogP contribution is -2.31. The van der Waals surface area contributed by atoms with Crippen LogP contribution >= 0.6 is 0 Å². The van der Waals surface area contributed by atoms with Crippen molar-refractivity contribution in [3.63, 3.8) is 0 Å². The van der Waals surface area contributed by atoms with Crippen molar-refractivity contribution in [1.82, 2.24) is 0 Å². The molecular formula is C37H66O7. The van der Waals surface area contributed by atoms with Gasteiger partial charge in [-0.05, 0) is 77.2 Å². The van der Waals surface area contributed by atoms with Crippen LogP contribution in [0.4, 0.5) is 0 Å². The van der Waals surface area contributed by atoms with Gasteiger partial charge in [0.15, 0.2) is 0 Å². The molecule has 0 unspecified atom stereocenters. The lowest BCUT2D eigenvalue weighted by molar-refractivity contribution is -0.139. The van der Waals surface area contributed by atoms with Crippen molar-refractivity contribution in [3.8, 4) is 0 Å². The summed E-state index contributed by atoms with van der Waals surface area (Å²) in [7, 11) is 0. The van der Waals surface area contributed by atoms with Crippen molar-refractivity contribution in [2.45, 2.75) is 204 Å². The Morgan fingerprint density at radius 3 is 2.11 bits per heavy atom. The highest BCUT2D eigenvalue weighted by Gasteiger charge is 2.31. The zero-order valence-corrected chi connectivity index (χ0v) is 28.1. The number of unbranched alkanes of at least 4 members (excludes halogenated alkanes) is 12. The molecule has 2 aliphatic heterocycles. The summed E-state index contributed by atoms with van der Waals surface area (Å²) in [5.74, 6) is -0.296. The molecule has 2 aliphatic rings. The molecule has 0 spiro atoms. The third-order valence-corrected chi connectivity index (χ3v) is 9.30. The summed E-state index contributed by atoms with van der Waals surface area (Å²) in [6.45, 7) is 4.08. The minimum absolute atomic E-state index is 0.180. The molecule has 7 nitrogen and oxygen atoms in total. The van der Waals surface area contributed by atoms with Crippen LogP contribution in [0.25, 0.3) is 0 Å². The molecule has 4 N–H and O–H groups in total. The zero-order chi connectivity index (χ0) is 32.0. The number of hydrogen-bond acceptors (Lipinski definition) is 7. The van der Waals surface area contributed by atoms with Crippen LogP contribution in [0.3, 0.4) is 0 Å². The smallest absolute Gasteiger partial charge is 0.334 e. The summed E-state index contributed by atoms with van der Waals surface area (Å²) in [6.07, 6.45) is 26.3. The van der Waals surface area contributed by atoms with Crippen LogP contribution in [0.1, 0.15) is 162 Å². The molecule has 1 fully saturated rings.